The van der Waals surface area contributed by atoms with Crippen LogP contribution in [0.4, 0.5) is 0 Å². The van der Waals surface area contributed by atoms with Gasteiger partial charge >= 0.3 is 0 Å². The Bertz CT molecular complexity index is 1090. The van der Waals surface area contributed by atoms with Crippen molar-refractivity contribution in [1.29, 1.82) is 0 Å². The molecule has 1 N–H and O–H groups in total. The number of aryl methyl sites for hydroxylation is 1. The highest BCUT2D eigenvalue weighted by atomic mass is 35.5. The largest absolute Gasteiger partial charge is 0.339 e. The van der Waals surface area contributed by atoms with Crippen molar-refractivity contribution in [2.75, 3.05) is 0 Å². The first-order valence-corrected chi connectivity index (χ1v) is 10.0. The Kier molecular flexibility index (Phi) is 5.91. The fourth-order valence-corrected chi connectivity index (χ4v) is 3.72. The van der Waals surface area contributed by atoms with Gasteiger partial charge in [-0.3, -0.25) is 9.78 Å². The molecule has 150 valence electrons. The summed E-state index contributed by atoms with van der Waals surface area (Å²) in [6.45, 7) is 2.29. The zero-order valence-corrected chi connectivity index (χ0v) is 17.3. The lowest BCUT2D eigenvalue weighted by Crippen LogP contribution is -2.30. The molecule has 0 aliphatic rings. The van der Waals surface area contributed by atoms with E-state index in [-0.39, 0.29) is 5.91 Å². The van der Waals surface area contributed by atoms with Crippen molar-refractivity contribution >= 4 is 17.5 Å². The average Bonchev–Trinajstić information content (AvgIpc) is 3.06. The molecular weight excluding hydrogens is 396 g/mol. The lowest BCUT2D eigenvalue weighted by Gasteiger charge is -2.19. The maximum absolute atomic E-state index is 13.2. The highest BCUT2D eigenvalue weighted by Gasteiger charge is 2.24. The Morgan fingerprint density at radius 3 is 2.33 bits per heavy atom. The van der Waals surface area contributed by atoms with E-state index in [0.717, 1.165) is 16.8 Å². The fraction of sp³-hybridized carbons (Fsp3) is 0.125. The summed E-state index contributed by atoms with van der Waals surface area (Å²) >= 11 is 6.57. The number of rotatable bonds is 6. The van der Waals surface area contributed by atoms with Crippen LogP contribution in [0.3, 0.4) is 0 Å². The molecule has 0 saturated heterocycles. The molecule has 0 radical (unpaired) electrons. The van der Waals surface area contributed by atoms with E-state index in [0.29, 0.717) is 23.0 Å². The van der Waals surface area contributed by atoms with E-state index in [1.165, 1.54) is 0 Å². The van der Waals surface area contributed by atoms with Gasteiger partial charge in [-0.1, -0.05) is 78.3 Å². The first-order chi connectivity index (χ1) is 14.6. The predicted molar refractivity (Wildman–Crippen MR) is 118 cm³/mol. The number of benzene rings is 2. The van der Waals surface area contributed by atoms with Crippen LogP contribution in [0.15, 0.2) is 85.1 Å². The standard InChI is InChI=1S/C24H21ClN4O/c1-17-21(23(25)29(28-17)16-18-10-4-2-5-11-18)24(30)27-22(19-12-6-3-7-13-19)20-14-8-9-15-26-20/h2-15,22H,16H2,1H3,(H,27,30). The molecule has 0 aliphatic heterocycles. The summed E-state index contributed by atoms with van der Waals surface area (Å²) in [7, 11) is 0. The number of amides is 1. The van der Waals surface area contributed by atoms with E-state index in [1.54, 1.807) is 17.8 Å². The van der Waals surface area contributed by atoms with Gasteiger partial charge in [0.05, 0.1) is 29.5 Å². The van der Waals surface area contributed by atoms with Crippen LogP contribution in [0.2, 0.25) is 5.15 Å². The molecule has 0 spiro atoms. The van der Waals surface area contributed by atoms with Crippen molar-refractivity contribution in [3.8, 4) is 0 Å². The Morgan fingerprint density at radius 1 is 1.00 bits per heavy atom. The van der Waals surface area contributed by atoms with Gasteiger partial charge in [-0.15, -0.1) is 0 Å². The van der Waals surface area contributed by atoms with Crippen molar-refractivity contribution in [2.24, 2.45) is 0 Å². The molecule has 0 saturated carbocycles. The van der Waals surface area contributed by atoms with Gasteiger partial charge in [-0.2, -0.15) is 5.10 Å². The van der Waals surface area contributed by atoms with Crippen LogP contribution in [0, 0.1) is 6.92 Å². The molecule has 2 heterocycles. The van der Waals surface area contributed by atoms with E-state index < -0.39 is 6.04 Å². The van der Waals surface area contributed by atoms with Crippen molar-refractivity contribution in [2.45, 2.75) is 19.5 Å². The second-order valence-electron chi connectivity index (χ2n) is 6.97. The highest BCUT2D eigenvalue weighted by molar-refractivity contribution is 6.33. The summed E-state index contributed by atoms with van der Waals surface area (Å²) in [5.41, 5.74) is 3.72. The number of carbonyl (C=O) groups is 1. The van der Waals surface area contributed by atoms with Crippen LogP contribution in [0.5, 0.6) is 0 Å². The molecule has 6 heteroatoms. The Hall–Kier alpha value is -3.44. The summed E-state index contributed by atoms with van der Waals surface area (Å²) in [6.07, 6.45) is 1.72. The molecule has 1 amide bonds. The van der Waals surface area contributed by atoms with E-state index in [1.807, 2.05) is 78.9 Å². The lowest BCUT2D eigenvalue weighted by atomic mass is 10.0. The topological polar surface area (TPSA) is 59.8 Å². The van der Waals surface area contributed by atoms with Crippen molar-refractivity contribution < 1.29 is 4.79 Å². The lowest BCUT2D eigenvalue weighted by molar-refractivity contribution is 0.0941. The van der Waals surface area contributed by atoms with Crippen molar-refractivity contribution in [3.05, 3.63) is 118 Å². The molecule has 2 aromatic carbocycles. The molecule has 4 aromatic rings. The zero-order valence-electron chi connectivity index (χ0n) is 16.5. The van der Waals surface area contributed by atoms with E-state index >= 15 is 0 Å². The summed E-state index contributed by atoms with van der Waals surface area (Å²) < 4.78 is 1.65. The van der Waals surface area contributed by atoms with Crippen LogP contribution >= 0.6 is 11.6 Å². The molecule has 1 unspecified atom stereocenters. The van der Waals surface area contributed by atoms with E-state index in [4.69, 9.17) is 11.6 Å². The number of pyridine rings is 1. The number of aromatic nitrogens is 3. The van der Waals surface area contributed by atoms with E-state index in [9.17, 15) is 4.79 Å². The molecule has 4 rings (SSSR count). The summed E-state index contributed by atoms with van der Waals surface area (Å²) in [4.78, 5) is 17.7. The Balaban J connectivity index is 1.63. The molecule has 0 aliphatic carbocycles. The molecule has 0 bridgehead atoms. The average molecular weight is 417 g/mol. The smallest absolute Gasteiger partial charge is 0.257 e. The summed E-state index contributed by atoms with van der Waals surface area (Å²) in [6, 6.07) is 24.9. The molecular formula is C24H21ClN4O. The minimum absolute atomic E-state index is 0.281. The first-order valence-electron chi connectivity index (χ1n) is 9.67. The summed E-state index contributed by atoms with van der Waals surface area (Å²) in [5.74, 6) is -0.281. The molecule has 1 atom stereocenters. The second-order valence-corrected chi connectivity index (χ2v) is 7.32. The van der Waals surface area contributed by atoms with Gasteiger partial charge in [0.25, 0.3) is 5.91 Å². The minimum atomic E-state index is -0.396. The van der Waals surface area contributed by atoms with E-state index in [2.05, 4.69) is 15.4 Å². The minimum Gasteiger partial charge on any atom is -0.339 e. The summed E-state index contributed by atoms with van der Waals surface area (Å²) in [5, 5.41) is 7.89. The second kappa shape index (κ2) is 8.93. The van der Waals surface area contributed by atoms with Gasteiger partial charge < -0.3 is 5.32 Å². The van der Waals surface area contributed by atoms with Crippen LogP contribution in [-0.4, -0.2) is 20.7 Å². The van der Waals surface area contributed by atoms with Gasteiger partial charge in [0.2, 0.25) is 0 Å². The number of carbonyl (C=O) groups excluding carboxylic acids is 1. The van der Waals surface area contributed by atoms with Crippen LogP contribution in [0.25, 0.3) is 0 Å². The highest BCUT2D eigenvalue weighted by Crippen LogP contribution is 2.25. The number of hydrogen-bond donors (Lipinski definition) is 1. The maximum atomic E-state index is 13.2. The molecule has 30 heavy (non-hydrogen) atoms. The predicted octanol–water partition coefficient (Wildman–Crippen LogP) is 4.81. The molecule has 0 fully saturated rings. The van der Waals surface area contributed by atoms with Crippen LogP contribution in [0.1, 0.15) is 38.9 Å². The SMILES string of the molecule is Cc1nn(Cc2ccccc2)c(Cl)c1C(=O)NC(c1ccccc1)c1ccccn1. The van der Waals surface area contributed by atoms with Crippen molar-refractivity contribution in [1.82, 2.24) is 20.1 Å². The van der Waals surface area contributed by atoms with Gasteiger partial charge in [-0.25, -0.2) is 4.68 Å². The normalized spacial score (nSPS) is 11.8. The fourth-order valence-electron chi connectivity index (χ4n) is 3.40. The zero-order chi connectivity index (χ0) is 20.9. The maximum Gasteiger partial charge on any atom is 0.257 e. The quantitative estimate of drug-likeness (QED) is 0.490. The van der Waals surface area contributed by atoms with Gasteiger partial charge in [0.1, 0.15) is 5.15 Å². The monoisotopic (exact) mass is 416 g/mol. The van der Waals surface area contributed by atoms with Gasteiger partial charge in [-0.05, 0) is 30.2 Å². The third-order valence-electron chi connectivity index (χ3n) is 4.86. The third kappa shape index (κ3) is 4.26. The third-order valence-corrected chi connectivity index (χ3v) is 5.24. The number of halogens is 1. The van der Waals surface area contributed by atoms with Gasteiger partial charge in [0, 0.05) is 6.20 Å². The number of hydrogen-bond acceptors (Lipinski definition) is 3. The first kappa shape index (κ1) is 19.9. The van der Waals surface area contributed by atoms with Gasteiger partial charge in [0.15, 0.2) is 0 Å². The number of nitrogens with zero attached hydrogens (tertiary/aromatic N) is 3. The number of nitrogens with one attached hydrogen (secondary N) is 1. The van der Waals surface area contributed by atoms with Crippen LogP contribution in [-0.2, 0) is 6.54 Å². The Morgan fingerprint density at radius 2 is 1.67 bits per heavy atom. The van der Waals surface area contributed by atoms with Crippen LogP contribution < -0.4 is 5.32 Å². The van der Waals surface area contributed by atoms with Crippen molar-refractivity contribution in [3.63, 3.8) is 0 Å². The molecule has 2 aromatic heterocycles. The Labute approximate surface area is 180 Å². The molecule has 5 nitrogen and oxygen atoms in total.